The van der Waals surface area contributed by atoms with E-state index in [1.165, 1.54) is 38.8 Å². The molecule has 2 aromatic rings. The summed E-state index contributed by atoms with van der Waals surface area (Å²) in [7, 11) is 0. The van der Waals surface area contributed by atoms with Gasteiger partial charge in [0.2, 0.25) is 0 Å². The fraction of sp³-hybridized carbons (Fsp3) is 0.591. The second-order valence-corrected chi connectivity index (χ2v) is 9.74. The number of nitrogens with zero attached hydrogens (tertiary/aromatic N) is 2. The van der Waals surface area contributed by atoms with E-state index in [2.05, 4.69) is 95.8 Å². The van der Waals surface area contributed by atoms with Gasteiger partial charge in [0.1, 0.15) is 0 Å². The van der Waals surface area contributed by atoms with E-state index in [1.807, 2.05) is 0 Å². The summed E-state index contributed by atoms with van der Waals surface area (Å²) in [4.78, 5) is 0. The first-order valence-corrected chi connectivity index (χ1v) is 10.3. The molecule has 3 aliphatic rings. The monoisotopic (exact) mass is 429 g/mol. The summed E-state index contributed by atoms with van der Waals surface area (Å²) in [5.74, 6) is 2.47. The Bertz CT molecular complexity index is 863. The van der Waals surface area contributed by atoms with Gasteiger partial charge in [-0.2, -0.15) is 0 Å². The van der Waals surface area contributed by atoms with Gasteiger partial charge in [0.15, 0.2) is 0 Å². The Morgan fingerprint density at radius 3 is 2.24 bits per heavy atom. The number of aryl methyl sites for hydroxylation is 3. The molecule has 0 saturated heterocycles. The Morgan fingerprint density at radius 2 is 1.68 bits per heavy atom. The SMILES string of the molecule is Cc1cc(C)c(-n2ccn([C@H]3C[C@H]4C[C@H]([C@@H]3C)C4(C)C)[c]2=[Ag])c(C)c1. The number of benzene rings is 1. The van der Waals surface area contributed by atoms with Crippen molar-refractivity contribution in [1.82, 2.24) is 9.13 Å². The van der Waals surface area contributed by atoms with Crippen molar-refractivity contribution in [2.75, 3.05) is 0 Å². The van der Waals surface area contributed by atoms with Gasteiger partial charge in [0.25, 0.3) is 0 Å². The van der Waals surface area contributed by atoms with Gasteiger partial charge in [-0.05, 0) is 0 Å². The Labute approximate surface area is 163 Å². The van der Waals surface area contributed by atoms with Crippen LogP contribution in [0.5, 0.6) is 0 Å². The molecule has 3 aliphatic carbocycles. The average Bonchev–Trinajstić information content (AvgIpc) is 2.87. The van der Waals surface area contributed by atoms with E-state index < -0.39 is 0 Å². The molecular formula is C22H30AgN2. The molecule has 4 atom stereocenters. The van der Waals surface area contributed by atoms with E-state index in [-0.39, 0.29) is 0 Å². The molecule has 0 aliphatic heterocycles. The molecule has 0 amide bonds. The van der Waals surface area contributed by atoms with Gasteiger partial charge in [-0.3, -0.25) is 0 Å². The van der Waals surface area contributed by atoms with Gasteiger partial charge in [-0.1, -0.05) is 0 Å². The predicted molar refractivity (Wildman–Crippen MR) is 99.4 cm³/mol. The Balaban J connectivity index is 1.73. The molecule has 2 nitrogen and oxygen atoms in total. The van der Waals surface area contributed by atoms with E-state index in [0.29, 0.717) is 11.5 Å². The average molecular weight is 430 g/mol. The molecule has 2 bridgehead atoms. The summed E-state index contributed by atoms with van der Waals surface area (Å²) in [5, 5.41) is 0. The van der Waals surface area contributed by atoms with Gasteiger partial charge < -0.3 is 0 Å². The summed E-state index contributed by atoms with van der Waals surface area (Å²) >= 11 is 3.95. The zero-order valence-corrected chi connectivity index (χ0v) is 17.7. The number of hydrogen-bond donors (Lipinski definition) is 0. The molecule has 0 N–H and O–H groups in total. The summed E-state index contributed by atoms with van der Waals surface area (Å²) < 4.78 is 5.98. The number of fused-ring (bicyclic) bond motifs is 2. The zero-order chi connectivity index (χ0) is 18.1. The maximum atomic E-state index is 3.95. The van der Waals surface area contributed by atoms with Gasteiger partial charge in [0, 0.05) is 0 Å². The molecule has 0 radical (unpaired) electrons. The van der Waals surface area contributed by atoms with Crippen molar-refractivity contribution in [2.24, 2.45) is 23.2 Å². The summed E-state index contributed by atoms with van der Waals surface area (Å²) in [6.45, 7) is 14.0. The van der Waals surface area contributed by atoms with Crippen LogP contribution in [0.2, 0.25) is 0 Å². The minimum absolute atomic E-state index is 0.537. The molecule has 0 unspecified atom stereocenters. The van der Waals surface area contributed by atoms with Crippen molar-refractivity contribution >= 4 is 0 Å². The Hall–Kier alpha value is -0.830. The fourth-order valence-electron chi connectivity index (χ4n) is 5.81. The number of imidazole rings is 1. The van der Waals surface area contributed by atoms with Crippen LogP contribution in [0.15, 0.2) is 24.5 Å². The van der Waals surface area contributed by atoms with Crippen LogP contribution in [0.4, 0.5) is 0 Å². The van der Waals surface area contributed by atoms with Crippen LogP contribution in [0.25, 0.3) is 5.69 Å². The van der Waals surface area contributed by atoms with Gasteiger partial charge in [-0.15, -0.1) is 0 Å². The fourth-order valence-corrected chi connectivity index (χ4v) is 6.44. The molecule has 1 heterocycles. The van der Waals surface area contributed by atoms with E-state index >= 15 is 0 Å². The molecule has 0 spiro atoms. The van der Waals surface area contributed by atoms with Crippen LogP contribution in [-0.2, 0) is 20.6 Å². The molecule has 1 aromatic heterocycles. The van der Waals surface area contributed by atoms with Crippen molar-refractivity contribution in [3.05, 3.63) is 44.8 Å². The van der Waals surface area contributed by atoms with Crippen LogP contribution in [0, 0.1) is 47.6 Å². The third-order valence-corrected chi connectivity index (χ3v) is 8.04. The van der Waals surface area contributed by atoms with Crippen molar-refractivity contribution in [1.29, 1.82) is 0 Å². The summed E-state index contributed by atoms with van der Waals surface area (Å²) in [6.07, 6.45) is 7.25. The van der Waals surface area contributed by atoms with Crippen molar-refractivity contribution < 1.29 is 20.6 Å². The van der Waals surface area contributed by atoms with Gasteiger partial charge in [-0.25, -0.2) is 0 Å². The van der Waals surface area contributed by atoms with E-state index in [9.17, 15) is 0 Å². The summed E-state index contributed by atoms with van der Waals surface area (Å²) in [5.41, 5.74) is 5.85. The molecule has 5 rings (SSSR count). The van der Waals surface area contributed by atoms with Crippen molar-refractivity contribution in [2.45, 2.75) is 60.4 Å². The van der Waals surface area contributed by atoms with Crippen molar-refractivity contribution in [3.8, 4) is 5.69 Å². The van der Waals surface area contributed by atoms with Crippen LogP contribution >= 0.6 is 0 Å². The second kappa shape index (κ2) is 5.84. The molecule has 1 aromatic carbocycles. The van der Waals surface area contributed by atoms with Crippen LogP contribution in [0.1, 0.15) is 56.3 Å². The molecule has 3 saturated carbocycles. The third-order valence-electron chi connectivity index (χ3n) is 7.30. The number of aromatic nitrogens is 2. The first-order valence-electron chi connectivity index (χ1n) is 9.54. The zero-order valence-electron chi connectivity index (χ0n) is 16.2. The van der Waals surface area contributed by atoms with Gasteiger partial charge >= 0.3 is 164 Å². The first-order chi connectivity index (χ1) is 11.7. The van der Waals surface area contributed by atoms with Crippen molar-refractivity contribution in [3.63, 3.8) is 0 Å². The molecule has 25 heavy (non-hydrogen) atoms. The number of hydrogen-bond acceptors (Lipinski definition) is 0. The molecular weight excluding hydrogens is 400 g/mol. The first kappa shape index (κ1) is 17.6. The second-order valence-electron chi connectivity index (χ2n) is 9.08. The van der Waals surface area contributed by atoms with Crippen LogP contribution < -0.4 is 0 Å². The molecule has 3 heteroatoms. The topological polar surface area (TPSA) is 9.86 Å². The molecule has 3 fully saturated rings. The standard InChI is InChI=1S/C22H30N2.Ag/c1-14-9-15(2)21(16(3)10-14)24-8-7-23(13-24)20-12-18-11-19(17(20)4)22(18,5)6;/h7-10,17-20H,11-12H2,1-6H3;/t17-,18+,19+,20-;/m0./s1. The predicted octanol–water partition coefficient (Wildman–Crippen LogP) is 5.53. The summed E-state index contributed by atoms with van der Waals surface area (Å²) in [6, 6.07) is 5.16. The Morgan fingerprint density at radius 1 is 1.04 bits per heavy atom. The van der Waals surface area contributed by atoms with E-state index in [1.54, 1.807) is 0 Å². The number of rotatable bonds is 2. The Kier molecular flexibility index (Phi) is 4.10. The normalized spacial score (nSPS) is 30.2. The minimum atomic E-state index is 0.537. The van der Waals surface area contributed by atoms with E-state index in [4.69, 9.17) is 0 Å². The quantitative estimate of drug-likeness (QED) is 0.555. The van der Waals surface area contributed by atoms with Gasteiger partial charge in [0.05, 0.1) is 0 Å². The third kappa shape index (κ3) is 2.52. The van der Waals surface area contributed by atoms with Crippen LogP contribution in [0.3, 0.4) is 0 Å². The molecule has 139 valence electrons. The van der Waals surface area contributed by atoms with E-state index in [0.717, 1.165) is 17.8 Å². The van der Waals surface area contributed by atoms with Crippen LogP contribution in [-0.4, -0.2) is 9.13 Å². The maximum absolute atomic E-state index is 3.95.